The number of rotatable bonds is 3. The van der Waals surface area contributed by atoms with Crippen LogP contribution < -0.4 is 5.73 Å². The van der Waals surface area contributed by atoms with E-state index < -0.39 is 0 Å². The first-order valence-electron chi connectivity index (χ1n) is 6.35. The average molecular weight is 263 g/mol. The van der Waals surface area contributed by atoms with E-state index in [0.717, 1.165) is 25.2 Å². The Kier molecular flexibility index (Phi) is 4.30. The van der Waals surface area contributed by atoms with Crippen molar-refractivity contribution in [2.45, 2.75) is 30.9 Å². The van der Waals surface area contributed by atoms with Gasteiger partial charge in [0.25, 0.3) is 0 Å². The molecule has 0 aliphatic carbocycles. The van der Waals surface area contributed by atoms with Crippen molar-refractivity contribution in [2.24, 2.45) is 5.73 Å². The Labute approximate surface area is 113 Å². The van der Waals surface area contributed by atoms with Crippen LogP contribution in [0.15, 0.2) is 24.3 Å². The van der Waals surface area contributed by atoms with E-state index >= 15 is 0 Å². The molecule has 2 rings (SSSR count). The Balaban J connectivity index is 2.04. The van der Waals surface area contributed by atoms with Crippen molar-refractivity contribution in [3.05, 3.63) is 35.4 Å². The van der Waals surface area contributed by atoms with Gasteiger partial charge < -0.3 is 5.73 Å². The fourth-order valence-electron chi connectivity index (χ4n) is 2.51. The first-order valence-corrected chi connectivity index (χ1v) is 7.30. The maximum atomic E-state index is 7.48. The molecule has 0 aromatic heterocycles. The molecular formula is C14H21N3S. The smallest absolute Gasteiger partial charge is 0.122 e. The summed E-state index contributed by atoms with van der Waals surface area (Å²) in [7, 11) is 0. The predicted molar refractivity (Wildman–Crippen MR) is 79.3 cm³/mol. The zero-order valence-corrected chi connectivity index (χ0v) is 11.8. The molecule has 2 unspecified atom stereocenters. The molecule has 18 heavy (non-hydrogen) atoms. The number of nitrogens with zero attached hydrogens (tertiary/aromatic N) is 1. The molecule has 2 atom stereocenters. The van der Waals surface area contributed by atoms with Gasteiger partial charge in [-0.25, -0.2) is 0 Å². The lowest BCUT2D eigenvalue weighted by atomic mass is 10.1. The monoisotopic (exact) mass is 263 g/mol. The lowest BCUT2D eigenvalue weighted by molar-refractivity contribution is 0.263. The van der Waals surface area contributed by atoms with Gasteiger partial charge in [0.2, 0.25) is 0 Å². The summed E-state index contributed by atoms with van der Waals surface area (Å²) < 4.78 is 0. The highest BCUT2D eigenvalue weighted by molar-refractivity contribution is 8.00. The SMILES string of the molecule is CC1CN(Cc2cccc(C(=N)N)c2)CC(C)S1. The minimum Gasteiger partial charge on any atom is -0.384 e. The molecule has 1 saturated heterocycles. The molecule has 1 fully saturated rings. The van der Waals surface area contributed by atoms with E-state index in [2.05, 4.69) is 36.6 Å². The third-order valence-electron chi connectivity index (χ3n) is 3.14. The van der Waals surface area contributed by atoms with Crippen LogP contribution in [-0.2, 0) is 6.54 Å². The van der Waals surface area contributed by atoms with Gasteiger partial charge >= 0.3 is 0 Å². The number of amidine groups is 1. The highest BCUT2D eigenvalue weighted by Gasteiger charge is 2.22. The third kappa shape index (κ3) is 3.50. The Morgan fingerprint density at radius 2 is 2.06 bits per heavy atom. The van der Waals surface area contributed by atoms with Crippen molar-refractivity contribution in [3.63, 3.8) is 0 Å². The normalized spacial score (nSPS) is 25.0. The van der Waals surface area contributed by atoms with Crippen molar-refractivity contribution in [2.75, 3.05) is 13.1 Å². The van der Waals surface area contributed by atoms with Crippen LogP contribution in [0, 0.1) is 5.41 Å². The quantitative estimate of drug-likeness (QED) is 0.650. The van der Waals surface area contributed by atoms with E-state index in [-0.39, 0.29) is 5.84 Å². The molecule has 98 valence electrons. The lowest BCUT2D eigenvalue weighted by Crippen LogP contribution is -2.39. The maximum absolute atomic E-state index is 7.48. The Morgan fingerprint density at radius 3 is 2.67 bits per heavy atom. The van der Waals surface area contributed by atoms with Crippen LogP contribution in [0.1, 0.15) is 25.0 Å². The minimum absolute atomic E-state index is 0.146. The van der Waals surface area contributed by atoms with Gasteiger partial charge in [-0.15, -0.1) is 0 Å². The average Bonchev–Trinajstić information content (AvgIpc) is 2.27. The summed E-state index contributed by atoms with van der Waals surface area (Å²) in [4.78, 5) is 2.49. The molecule has 0 bridgehead atoms. The molecule has 3 N–H and O–H groups in total. The standard InChI is InChI=1S/C14H21N3S/c1-10-7-17(8-11(2)18-10)9-12-4-3-5-13(6-12)14(15)16/h3-6,10-11H,7-9H2,1-2H3,(H3,15,16). The zero-order chi connectivity index (χ0) is 13.1. The van der Waals surface area contributed by atoms with Gasteiger partial charge in [0.1, 0.15) is 5.84 Å². The second-order valence-corrected chi connectivity index (χ2v) is 6.95. The van der Waals surface area contributed by atoms with E-state index in [1.54, 1.807) is 0 Å². The summed E-state index contributed by atoms with van der Waals surface area (Å²) >= 11 is 2.07. The molecule has 0 saturated carbocycles. The molecule has 0 spiro atoms. The molecule has 1 aromatic rings. The highest BCUT2D eigenvalue weighted by atomic mass is 32.2. The van der Waals surface area contributed by atoms with Crippen molar-refractivity contribution < 1.29 is 0 Å². The molecule has 1 aliphatic rings. The fourth-order valence-corrected chi connectivity index (χ4v) is 3.90. The summed E-state index contributed by atoms with van der Waals surface area (Å²) in [6.07, 6.45) is 0. The first-order chi connectivity index (χ1) is 8.54. The first kappa shape index (κ1) is 13.4. The summed E-state index contributed by atoms with van der Waals surface area (Å²) in [5, 5.41) is 8.87. The number of hydrogen-bond acceptors (Lipinski definition) is 3. The molecule has 3 nitrogen and oxygen atoms in total. The predicted octanol–water partition coefficient (Wildman–Crippen LogP) is 2.30. The van der Waals surface area contributed by atoms with E-state index in [0.29, 0.717) is 10.5 Å². The number of nitrogens with one attached hydrogen (secondary N) is 1. The number of benzene rings is 1. The Morgan fingerprint density at radius 1 is 1.39 bits per heavy atom. The summed E-state index contributed by atoms with van der Waals surface area (Å²) in [6, 6.07) is 8.02. The summed E-state index contributed by atoms with van der Waals surface area (Å²) in [5.74, 6) is 0.146. The minimum atomic E-state index is 0.146. The molecule has 4 heteroatoms. The van der Waals surface area contributed by atoms with Crippen molar-refractivity contribution >= 4 is 17.6 Å². The number of nitrogens with two attached hydrogens (primary N) is 1. The van der Waals surface area contributed by atoms with Crippen LogP contribution in [0.2, 0.25) is 0 Å². The van der Waals surface area contributed by atoms with Crippen LogP contribution in [-0.4, -0.2) is 34.3 Å². The van der Waals surface area contributed by atoms with Gasteiger partial charge in [-0.1, -0.05) is 32.0 Å². The summed E-state index contributed by atoms with van der Waals surface area (Å²) in [6.45, 7) is 7.81. The second-order valence-electron chi connectivity index (χ2n) is 5.07. The Bertz CT molecular complexity index is 423. The molecule has 1 heterocycles. The van der Waals surface area contributed by atoms with Crippen molar-refractivity contribution in [3.8, 4) is 0 Å². The van der Waals surface area contributed by atoms with Gasteiger partial charge in [-0.2, -0.15) is 11.8 Å². The molecule has 0 radical (unpaired) electrons. The van der Waals surface area contributed by atoms with E-state index in [9.17, 15) is 0 Å². The van der Waals surface area contributed by atoms with Crippen LogP contribution in [0.25, 0.3) is 0 Å². The number of thioether (sulfide) groups is 1. The van der Waals surface area contributed by atoms with E-state index in [4.69, 9.17) is 11.1 Å². The van der Waals surface area contributed by atoms with Gasteiger partial charge in [-0.3, -0.25) is 10.3 Å². The Hall–Kier alpha value is -1.00. The van der Waals surface area contributed by atoms with Gasteiger partial charge in [-0.05, 0) is 11.6 Å². The molecule has 1 aliphatic heterocycles. The third-order valence-corrected chi connectivity index (χ3v) is 4.37. The van der Waals surface area contributed by atoms with Crippen LogP contribution in [0.4, 0.5) is 0 Å². The van der Waals surface area contributed by atoms with Crippen molar-refractivity contribution in [1.82, 2.24) is 4.90 Å². The summed E-state index contributed by atoms with van der Waals surface area (Å²) in [5.41, 5.74) is 7.59. The molecule has 1 aromatic carbocycles. The molecule has 0 amide bonds. The molecular weight excluding hydrogens is 242 g/mol. The topological polar surface area (TPSA) is 53.1 Å². The lowest BCUT2D eigenvalue weighted by Gasteiger charge is -2.34. The number of hydrogen-bond donors (Lipinski definition) is 2. The highest BCUT2D eigenvalue weighted by Crippen LogP contribution is 2.25. The second kappa shape index (κ2) is 5.76. The zero-order valence-electron chi connectivity index (χ0n) is 11.0. The van der Waals surface area contributed by atoms with Crippen LogP contribution >= 0.6 is 11.8 Å². The van der Waals surface area contributed by atoms with Gasteiger partial charge in [0.05, 0.1) is 0 Å². The van der Waals surface area contributed by atoms with E-state index in [1.807, 2.05) is 18.2 Å². The fraction of sp³-hybridized carbons (Fsp3) is 0.500. The maximum Gasteiger partial charge on any atom is 0.122 e. The number of nitrogen functional groups attached to an aromatic ring is 1. The van der Waals surface area contributed by atoms with Crippen LogP contribution in [0.3, 0.4) is 0 Å². The van der Waals surface area contributed by atoms with Crippen molar-refractivity contribution in [1.29, 1.82) is 5.41 Å². The van der Waals surface area contributed by atoms with Gasteiger partial charge in [0, 0.05) is 35.7 Å². The largest absolute Gasteiger partial charge is 0.384 e. The van der Waals surface area contributed by atoms with E-state index in [1.165, 1.54) is 5.56 Å². The van der Waals surface area contributed by atoms with Gasteiger partial charge in [0.15, 0.2) is 0 Å². The van der Waals surface area contributed by atoms with Crippen LogP contribution in [0.5, 0.6) is 0 Å².